The molecule has 0 spiro atoms. The summed E-state index contributed by atoms with van der Waals surface area (Å²) >= 11 is 6.61. The largest absolute Gasteiger partial charge is 0.368 e. The predicted octanol–water partition coefficient (Wildman–Crippen LogP) is 2.14. The van der Waals surface area contributed by atoms with Crippen LogP contribution in [0.25, 0.3) is 0 Å². The molecule has 0 bridgehead atoms. The average molecular weight is 309 g/mol. The van der Waals surface area contributed by atoms with E-state index >= 15 is 0 Å². The smallest absolute Gasteiger partial charge is 0.218 e. The van der Waals surface area contributed by atoms with Crippen molar-refractivity contribution in [3.05, 3.63) is 27.1 Å². The number of guanidine groups is 1. The molecule has 6 heteroatoms. The molecule has 1 rings (SSSR count). The number of nitrogens with two attached hydrogens (primary N) is 1. The maximum atomic E-state index is 8.41. The summed E-state index contributed by atoms with van der Waals surface area (Å²) in [6.45, 7) is 0. The van der Waals surface area contributed by atoms with Crippen LogP contribution in [-0.4, -0.2) is 11.2 Å². The van der Waals surface area contributed by atoms with E-state index in [4.69, 9.17) is 10.9 Å². The van der Waals surface area contributed by atoms with Gasteiger partial charge in [0.2, 0.25) is 5.96 Å². The lowest BCUT2D eigenvalue weighted by Gasteiger charge is -2.00. The molecule has 1 aromatic rings. The van der Waals surface area contributed by atoms with Gasteiger partial charge >= 0.3 is 0 Å². The lowest BCUT2D eigenvalue weighted by atomic mass is 10.3. The SMILES string of the molecule is NC(=Nc1ccc(Br)cc1Br)NO. The molecule has 0 saturated heterocycles. The highest BCUT2D eigenvalue weighted by Crippen LogP contribution is 2.28. The van der Waals surface area contributed by atoms with E-state index in [0.717, 1.165) is 8.95 Å². The third-order valence-electron chi connectivity index (χ3n) is 1.27. The minimum Gasteiger partial charge on any atom is -0.368 e. The first-order chi connectivity index (χ1) is 6.13. The molecule has 4 N–H and O–H groups in total. The maximum absolute atomic E-state index is 8.41. The zero-order chi connectivity index (χ0) is 9.84. The summed E-state index contributed by atoms with van der Waals surface area (Å²) < 4.78 is 1.73. The number of halogens is 2. The molecular weight excluding hydrogens is 302 g/mol. The highest BCUT2D eigenvalue weighted by Gasteiger charge is 1.99. The van der Waals surface area contributed by atoms with Crippen LogP contribution in [0.1, 0.15) is 0 Å². The van der Waals surface area contributed by atoms with Crippen LogP contribution in [0.15, 0.2) is 32.1 Å². The number of aliphatic imine (C=N–C) groups is 1. The number of nitrogens with zero attached hydrogens (tertiary/aromatic N) is 1. The Morgan fingerprint density at radius 2 is 2.15 bits per heavy atom. The molecule has 70 valence electrons. The third-order valence-corrected chi connectivity index (χ3v) is 2.39. The Labute approximate surface area is 92.1 Å². The fourth-order valence-electron chi connectivity index (χ4n) is 0.727. The molecule has 0 aliphatic carbocycles. The second-order valence-electron chi connectivity index (χ2n) is 2.20. The summed E-state index contributed by atoms with van der Waals surface area (Å²) in [6, 6.07) is 5.43. The van der Waals surface area contributed by atoms with Crippen molar-refractivity contribution in [2.24, 2.45) is 10.7 Å². The lowest BCUT2D eigenvalue weighted by Crippen LogP contribution is -2.27. The zero-order valence-electron chi connectivity index (χ0n) is 6.46. The van der Waals surface area contributed by atoms with Gasteiger partial charge in [0.1, 0.15) is 0 Å². The van der Waals surface area contributed by atoms with E-state index in [1.807, 2.05) is 12.1 Å². The van der Waals surface area contributed by atoms with Gasteiger partial charge in [-0.25, -0.2) is 10.5 Å². The van der Waals surface area contributed by atoms with Crippen LogP contribution in [0.3, 0.4) is 0 Å². The Hall–Kier alpha value is -0.590. The Morgan fingerprint density at radius 1 is 1.46 bits per heavy atom. The molecule has 4 nitrogen and oxygen atoms in total. The van der Waals surface area contributed by atoms with Crippen molar-refractivity contribution < 1.29 is 5.21 Å². The fourth-order valence-corrected chi connectivity index (χ4v) is 1.86. The van der Waals surface area contributed by atoms with Crippen molar-refractivity contribution >= 4 is 43.5 Å². The van der Waals surface area contributed by atoms with E-state index in [-0.39, 0.29) is 5.96 Å². The summed E-state index contributed by atoms with van der Waals surface area (Å²) in [4.78, 5) is 3.88. The van der Waals surface area contributed by atoms with E-state index in [1.54, 1.807) is 11.5 Å². The highest BCUT2D eigenvalue weighted by atomic mass is 79.9. The maximum Gasteiger partial charge on any atom is 0.218 e. The van der Waals surface area contributed by atoms with Crippen LogP contribution in [0.5, 0.6) is 0 Å². The molecule has 0 fully saturated rings. The van der Waals surface area contributed by atoms with E-state index in [2.05, 4.69) is 36.9 Å². The van der Waals surface area contributed by atoms with Gasteiger partial charge in [0.05, 0.1) is 5.69 Å². The molecule has 0 atom stereocenters. The Bertz CT molecular complexity index is 341. The standard InChI is InChI=1S/C7H7Br2N3O/c8-4-1-2-6(5(9)3-4)11-7(10)12-13/h1-3,13H,(H3,10,11,12). The molecule has 0 aliphatic rings. The monoisotopic (exact) mass is 307 g/mol. The average Bonchev–Trinajstić information content (AvgIpc) is 2.09. The first-order valence-corrected chi connectivity index (χ1v) is 4.91. The Kier molecular flexibility index (Phi) is 3.71. The highest BCUT2D eigenvalue weighted by molar-refractivity contribution is 9.11. The summed E-state index contributed by atoms with van der Waals surface area (Å²) in [5.41, 5.74) is 7.66. The molecule has 1 aromatic carbocycles. The first kappa shape index (κ1) is 10.5. The van der Waals surface area contributed by atoms with Gasteiger partial charge in [0.25, 0.3) is 0 Å². The normalized spacial score (nSPS) is 11.5. The van der Waals surface area contributed by atoms with Crippen LogP contribution in [0, 0.1) is 0 Å². The minimum atomic E-state index is -0.0528. The molecule has 0 heterocycles. The molecule has 0 aromatic heterocycles. The number of rotatable bonds is 1. The summed E-state index contributed by atoms with van der Waals surface area (Å²) in [5, 5.41) is 8.41. The minimum absolute atomic E-state index is 0.0528. The van der Waals surface area contributed by atoms with Crippen LogP contribution in [-0.2, 0) is 0 Å². The van der Waals surface area contributed by atoms with Gasteiger partial charge in [-0.15, -0.1) is 0 Å². The van der Waals surface area contributed by atoms with E-state index in [9.17, 15) is 0 Å². The molecule has 0 aliphatic heterocycles. The zero-order valence-corrected chi connectivity index (χ0v) is 9.63. The molecule has 0 amide bonds. The number of hydroxylamine groups is 1. The summed E-state index contributed by atoms with van der Waals surface area (Å²) in [5.74, 6) is -0.0528. The van der Waals surface area contributed by atoms with Gasteiger partial charge in [-0.05, 0) is 34.1 Å². The summed E-state index contributed by atoms with van der Waals surface area (Å²) in [7, 11) is 0. The van der Waals surface area contributed by atoms with Crippen LogP contribution >= 0.6 is 31.9 Å². The van der Waals surface area contributed by atoms with Crippen LogP contribution < -0.4 is 11.2 Å². The van der Waals surface area contributed by atoms with E-state index < -0.39 is 0 Å². The second kappa shape index (κ2) is 4.59. The molecule has 13 heavy (non-hydrogen) atoms. The molecular formula is C7H7Br2N3O. The van der Waals surface area contributed by atoms with E-state index in [0.29, 0.717) is 5.69 Å². The van der Waals surface area contributed by atoms with Crippen molar-refractivity contribution in [3.8, 4) is 0 Å². The third kappa shape index (κ3) is 2.98. The molecule has 0 radical (unpaired) electrons. The van der Waals surface area contributed by atoms with Gasteiger partial charge in [-0.2, -0.15) is 0 Å². The molecule has 0 saturated carbocycles. The van der Waals surface area contributed by atoms with Gasteiger partial charge in [-0.3, -0.25) is 5.21 Å². The Balaban J connectivity index is 3.03. The van der Waals surface area contributed by atoms with E-state index in [1.165, 1.54) is 0 Å². The predicted molar refractivity (Wildman–Crippen MR) is 58.0 cm³/mol. The number of nitrogens with one attached hydrogen (secondary N) is 1. The first-order valence-electron chi connectivity index (χ1n) is 3.33. The second-order valence-corrected chi connectivity index (χ2v) is 3.97. The number of hydrogen-bond donors (Lipinski definition) is 3. The summed E-state index contributed by atoms with van der Waals surface area (Å²) in [6.07, 6.45) is 0. The van der Waals surface area contributed by atoms with Crippen molar-refractivity contribution in [1.82, 2.24) is 5.48 Å². The van der Waals surface area contributed by atoms with Crippen molar-refractivity contribution in [2.45, 2.75) is 0 Å². The lowest BCUT2D eigenvalue weighted by molar-refractivity contribution is 0.233. The van der Waals surface area contributed by atoms with Crippen molar-refractivity contribution in [1.29, 1.82) is 0 Å². The van der Waals surface area contributed by atoms with Crippen molar-refractivity contribution in [2.75, 3.05) is 0 Å². The van der Waals surface area contributed by atoms with Gasteiger partial charge < -0.3 is 5.73 Å². The van der Waals surface area contributed by atoms with Gasteiger partial charge in [0.15, 0.2) is 0 Å². The topological polar surface area (TPSA) is 70.6 Å². The van der Waals surface area contributed by atoms with Crippen molar-refractivity contribution in [3.63, 3.8) is 0 Å². The Morgan fingerprint density at radius 3 is 2.69 bits per heavy atom. The van der Waals surface area contributed by atoms with Gasteiger partial charge in [0, 0.05) is 8.95 Å². The number of hydrogen-bond acceptors (Lipinski definition) is 2. The van der Waals surface area contributed by atoms with Crippen LogP contribution in [0.4, 0.5) is 5.69 Å². The molecule has 0 unspecified atom stereocenters. The quantitative estimate of drug-likeness (QED) is 0.423. The van der Waals surface area contributed by atoms with Gasteiger partial charge in [-0.1, -0.05) is 15.9 Å². The number of benzene rings is 1. The fraction of sp³-hybridized carbons (Fsp3) is 0. The van der Waals surface area contributed by atoms with Crippen LogP contribution in [0.2, 0.25) is 0 Å².